The van der Waals surface area contributed by atoms with E-state index in [1.54, 1.807) is 24.9 Å². The molecule has 0 saturated heterocycles. The van der Waals surface area contributed by atoms with Crippen LogP contribution in [-0.4, -0.2) is 30.9 Å². The molecule has 0 atom stereocenters. The molecule has 0 unspecified atom stereocenters. The van der Waals surface area contributed by atoms with Gasteiger partial charge in [-0.15, -0.1) is 0 Å². The standard InChI is InChI=1S/C21H27NO4/c1-5-6-7-16-8-10-17(11-9-16)12-20(23)22(3)14-18-13-19(15(2)26-18)21(24)25-4/h8-11,13H,5-7,12,14H2,1-4H3. The van der Waals surface area contributed by atoms with Crippen LogP contribution in [0.1, 0.15) is 52.8 Å². The highest BCUT2D eigenvalue weighted by Gasteiger charge is 2.18. The van der Waals surface area contributed by atoms with Crippen molar-refractivity contribution in [3.63, 3.8) is 0 Å². The summed E-state index contributed by atoms with van der Waals surface area (Å²) in [5.41, 5.74) is 2.69. The highest BCUT2D eigenvalue weighted by molar-refractivity contribution is 5.90. The van der Waals surface area contributed by atoms with Crippen molar-refractivity contribution in [1.29, 1.82) is 0 Å². The van der Waals surface area contributed by atoms with Crippen LogP contribution < -0.4 is 0 Å². The zero-order chi connectivity index (χ0) is 19.1. The predicted octanol–water partition coefficient (Wildman–Crippen LogP) is 3.92. The van der Waals surface area contributed by atoms with Crippen LogP contribution >= 0.6 is 0 Å². The van der Waals surface area contributed by atoms with Gasteiger partial charge in [-0.05, 0) is 37.0 Å². The van der Waals surface area contributed by atoms with Crippen molar-refractivity contribution in [2.24, 2.45) is 0 Å². The Balaban J connectivity index is 1.94. The van der Waals surface area contributed by atoms with Gasteiger partial charge in [0.2, 0.25) is 5.91 Å². The summed E-state index contributed by atoms with van der Waals surface area (Å²) in [7, 11) is 3.06. The minimum atomic E-state index is -0.436. The van der Waals surface area contributed by atoms with Gasteiger partial charge >= 0.3 is 5.97 Å². The van der Waals surface area contributed by atoms with Crippen molar-refractivity contribution in [2.45, 2.75) is 46.1 Å². The van der Waals surface area contributed by atoms with Crippen LogP contribution in [0.2, 0.25) is 0 Å². The molecule has 2 aromatic rings. The van der Waals surface area contributed by atoms with E-state index in [1.165, 1.54) is 25.5 Å². The fourth-order valence-corrected chi connectivity index (χ4v) is 2.77. The summed E-state index contributed by atoms with van der Waals surface area (Å²) in [5, 5.41) is 0. The number of aryl methyl sites for hydroxylation is 2. The van der Waals surface area contributed by atoms with Gasteiger partial charge in [-0.2, -0.15) is 0 Å². The number of benzene rings is 1. The number of methoxy groups -OCH3 is 1. The van der Waals surface area contributed by atoms with Crippen LogP contribution in [0.15, 0.2) is 34.7 Å². The van der Waals surface area contributed by atoms with Crippen LogP contribution in [-0.2, 0) is 28.9 Å². The average molecular weight is 357 g/mol. The zero-order valence-electron chi connectivity index (χ0n) is 16.0. The first kappa shape index (κ1) is 19.8. The molecule has 1 aromatic heterocycles. The minimum Gasteiger partial charge on any atom is -0.465 e. The van der Waals surface area contributed by atoms with E-state index < -0.39 is 5.97 Å². The smallest absolute Gasteiger partial charge is 0.341 e. The number of hydrogen-bond donors (Lipinski definition) is 0. The Bertz CT molecular complexity index is 746. The van der Waals surface area contributed by atoms with Gasteiger partial charge in [0.05, 0.1) is 20.1 Å². The van der Waals surface area contributed by atoms with Gasteiger partial charge in [-0.25, -0.2) is 4.79 Å². The molecule has 1 amide bonds. The highest BCUT2D eigenvalue weighted by Crippen LogP contribution is 2.17. The number of likely N-dealkylation sites (N-methyl/N-ethyl adjacent to an activating group) is 1. The number of carbonyl (C=O) groups is 2. The molecule has 0 aliphatic heterocycles. The van der Waals surface area contributed by atoms with Gasteiger partial charge in [0.25, 0.3) is 0 Å². The van der Waals surface area contributed by atoms with E-state index in [2.05, 4.69) is 19.1 Å². The molecule has 2 rings (SSSR count). The van der Waals surface area contributed by atoms with Crippen molar-refractivity contribution < 1.29 is 18.7 Å². The first-order valence-electron chi connectivity index (χ1n) is 8.94. The molecule has 5 heteroatoms. The van der Waals surface area contributed by atoms with Crippen molar-refractivity contribution in [1.82, 2.24) is 4.90 Å². The second-order valence-corrected chi connectivity index (χ2v) is 6.52. The van der Waals surface area contributed by atoms with Crippen LogP contribution in [0.4, 0.5) is 0 Å². The van der Waals surface area contributed by atoms with Crippen molar-refractivity contribution >= 4 is 11.9 Å². The van der Waals surface area contributed by atoms with Gasteiger partial charge in [0.1, 0.15) is 17.1 Å². The third-order valence-electron chi connectivity index (χ3n) is 4.39. The van der Waals surface area contributed by atoms with E-state index in [-0.39, 0.29) is 5.91 Å². The normalized spacial score (nSPS) is 10.6. The van der Waals surface area contributed by atoms with Crippen molar-refractivity contribution in [2.75, 3.05) is 14.2 Å². The molecule has 0 fully saturated rings. The second kappa shape index (κ2) is 9.22. The molecule has 0 aliphatic rings. The maximum atomic E-state index is 12.4. The van der Waals surface area contributed by atoms with Crippen LogP contribution in [0.5, 0.6) is 0 Å². The van der Waals surface area contributed by atoms with E-state index in [4.69, 9.17) is 9.15 Å². The Kier molecular flexibility index (Phi) is 7.01. The molecule has 0 saturated carbocycles. The number of amides is 1. The first-order valence-corrected chi connectivity index (χ1v) is 8.94. The molecule has 0 radical (unpaired) electrons. The topological polar surface area (TPSA) is 59.8 Å². The number of unbranched alkanes of at least 4 members (excludes halogenated alkanes) is 1. The van der Waals surface area contributed by atoms with Gasteiger partial charge in [-0.3, -0.25) is 4.79 Å². The lowest BCUT2D eigenvalue weighted by molar-refractivity contribution is -0.129. The zero-order valence-corrected chi connectivity index (χ0v) is 16.0. The fourth-order valence-electron chi connectivity index (χ4n) is 2.77. The predicted molar refractivity (Wildman–Crippen MR) is 100 cm³/mol. The van der Waals surface area contributed by atoms with E-state index >= 15 is 0 Å². The molecular formula is C21H27NO4. The summed E-state index contributed by atoms with van der Waals surface area (Å²) in [6.45, 7) is 4.19. The van der Waals surface area contributed by atoms with E-state index in [0.717, 1.165) is 12.0 Å². The summed E-state index contributed by atoms with van der Waals surface area (Å²) in [6.07, 6.45) is 3.77. The maximum Gasteiger partial charge on any atom is 0.341 e. The largest absolute Gasteiger partial charge is 0.465 e. The number of ether oxygens (including phenoxy) is 1. The quantitative estimate of drug-likeness (QED) is 0.672. The van der Waals surface area contributed by atoms with Crippen LogP contribution in [0.25, 0.3) is 0 Å². The number of rotatable bonds is 8. The van der Waals surface area contributed by atoms with Gasteiger partial charge in [0, 0.05) is 7.05 Å². The average Bonchev–Trinajstić information content (AvgIpc) is 3.00. The molecule has 1 heterocycles. The Hall–Kier alpha value is -2.56. The molecule has 1 aromatic carbocycles. The Morgan fingerprint density at radius 2 is 1.81 bits per heavy atom. The third-order valence-corrected chi connectivity index (χ3v) is 4.39. The van der Waals surface area contributed by atoms with Crippen molar-refractivity contribution in [3.05, 3.63) is 58.5 Å². The van der Waals surface area contributed by atoms with Crippen LogP contribution in [0.3, 0.4) is 0 Å². The monoisotopic (exact) mass is 357 g/mol. The van der Waals surface area contributed by atoms with E-state index in [1.807, 2.05) is 12.1 Å². The molecule has 5 nitrogen and oxygen atoms in total. The molecule has 140 valence electrons. The van der Waals surface area contributed by atoms with Gasteiger partial charge < -0.3 is 14.1 Å². The molecule has 0 N–H and O–H groups in total. The summed E-state index contributed by atoms with van der Waals surface area (Å²) in [6, 6.07) is 9.85. The number of carbonyl (C=O) groups excluding carboxylic acids is 2. The summed E-state index contributed by atoms with van der Waals surface area (Å²) in [4.78, 5) is 25.7. The van der Waals surface area contributed by atoms with Gasteiger partial charge in [-0.1, -0.05) is 37.6 Å². The SMILES string of the molecule is CCCCc1ccc(CC(=O)N(C)Cc2cc(C(=O)OC)c(C)o2)cc1. The van der Waals surface area contributed by atoms with Gasteiger partial charge in [0.15, 0.2) is 0 Å². The molecule has 26 heavy (non-hydrogen) atoms. The molecular weight excluding hydrogens is 330 g/mol. The Labute approximate surface area is 154 Å². The van der Waals surface area contributed by atoms with E-state index in [0.29, 0.717) is 30.0 Å². The molecule has 0 spiro atoms. The molecule has 0 bridgehead atoms. The summed E-state index contributed by atoms with van der Waals surface area (Å²) in [5.74, 6) is 0.624. The molecule has 0 aliphatic carbocycles. The minimum absolute atomic E-state index is 0.0000192. The Morgan fingerprint density at radius 3 is 2.42 bits per heavy atom. The number of nitrogens with zero attached hydrogens (tertiary/aromatic N) is 1. The fraction of sp³-hybridized carbons (Fsp3) is 0.429. The maximum absolute atomic E-state index is 12.4. The summed E-state index contributed by atoms with van der Waals surface area (Å²) < 4.78 is 10.3. The number of furan rings is 1. The van der Waals surface area contributed by atoms with Crippen molar-refractivity contribution in [3.8, 4) is 0 Å². The lowest BCUT2D eigenvalue weighted by atomic mass is 10.0. The lowest BCUT2D eigenvalue weighted by Gasteiger charge is -2.16. The number of hydrogen-bond acceptors (Lipinski definition) is 4. The summed E-state index contributed by atoms with van der Waals surface area (Å²) >= 11 is 0. The second-order valence-electron chi connectivity index (χ2n) is 6.52. The first-order chi connectivity index (χ1) is 12.4. The number of esters is 1. The third kappa shape index (κ3) is 5.22. The Morgan fingerprint density at radius 1 is 1.15 bits per heavy atom. The lowest BCUT2D eigenvalue weighted by Crippen LogP contribution is -2.27. The highest BCUT2D eigenvalue weighted by atomic mass is 16.5. The van der Waals surface area contributed by atoms with Crippen LogP contribution in [0, 0.1) is 6.92 Å². The van der Waals surface area contributed by atoms with E-state index in [9.17, 15) is 9.59 Å².